The van der Waals surface area contributed by atoms with Gasteiger partial charge in [0.15, 0.2) is 0 Å². The highest BCUT2D eigenvalue weighted by molar-refractivity contribution is 7.89. The van der Waals surface area contributed by atoms with E-state index in [1.165, 1.54) is 21.9 Å². The number of rotatable bonds is 5. The summed E-state index contributed by atoms with van der Waals surface area (Å²) in [6, 6.07) is 6.13. The molecule has 208 valence electrons. The number of benzene rings is 1. The van der Waals surface area contributed by atoms with Gasteiger partial charge in [0.1, 0.15) is 28.2 Å². The molecule has 0 atom stereocenters. The smallest absolute Gasteiger partial charge is 0.410 e. The maximum atomic E-state index is 14.2. The van der Waals surface area contributed by atoms with Gasteiger partial charge in [-0.05, 0) is 41.5 Å². The van der Waals surface area contributed by atoms with E-state index in [0.717, 1.165) is 23.3 Å². The summed E-state index contributed by atoms with van der Waals surface area (Å²) in [4.78, 5) is 44.5. The molecule has 14 heteroatoms. The summed E-state index contributed by atoms with van der Waals surface area (Å²) in [5.74, 6) is -1.82. The normalized spacial score (nSPS) is 15.4. The molecule has 4 rings (SSSR count). The number of pyridine rings is 1. The van der Waals surface area contributed by atoms with Gasteiger partial charge in [0, 0.05) is 37.2 Å². The van der Waals surface area contributed by atoms with Gasteiger partial charge in [-0.15, -0.1) is 0 Å². The third kappa shape index (κ3) is 6.37. The predicted octanol–water partition coefficient (Wildman–Crippen LogP) is 2.91. The lowest BCUT2D eigenvalue weighted by Gasteiger charge is -2.23. The molecule has 0 saturated carbocycles. The quantitative estimate of drug-likeness (QED) is 0.408. The molecule has 39 heavy (non-hydrogen) atoms. The molecule has 3 N–H and O–H groups in total. The average Bonchev–Trinajstić information content (AvgIpc) is 3.41. The number of nitrogens with two attached hydrogens (primary N) is 1. The van der Waals surface area contributed by atoms with Crippen LogP contribution in [0, 0.1) is 11.2 Å². The maximum Gasteiger partial charge on any atom is 0.410 e. The topological polar surface area (TPSA) is 152 Å². The number of anilines is 1. The number of carbonyl (C=O) groups is 3. The van der Waals surface area contributed by atoms with Crippen molar-refractivity contribution in [3.63, 3.8) is 0 Å². The van der Waals surface area contributed by atoms with E-state index in [9.17, 15) is 27.2 Å². The van der Waals surface area contributed by atoms with Crippen LogP contribution in [0.4, 0.5) is 14.9 Å². The zero-order valence-corrected chi connectivity index (χ0v) is 23.0. The molecule has 2 aliphatic rings. The van der Waals surface area contributed by atoms with Crippen LogP contribution in [-0.2, 0) is 26.2 Å². The van der Waals surface area contributed by atoms with Crippen molar-refractivity contribution in [2.24, 2.45) is 10.6 Å². The molecule has 3 amide bonds. The van der Waals surface area contributed by atoms with Crippen molar-refractivity contribution in [1.29, 1.82) is 0 Å². The van der Waals surface area contributed by atoms with Crippen LogP contribution >= 0.6 is 11.6 Å². The van der Waals surface area contributed by atoms with Crippen molar-refractivity contribution < 1.29 is 31.9 Å². The fourth-order valence-electron chi connectivity index (χ4n) is 4.13. The van der Waals surface area contributed by atoms with E-state index in [0.29, 0.717) is 11.4 Å². The van der Waals surface area contributed by atoms with Crippen LogP contribution in [0.25, 0.3) is 0 Å². The van der Waals surface area contributed by atoms with Gasteiger partial charge in [-0.1, -0.05) is 32.4 Å². The number of aromatic nitrogens is 1. The Hall–Kier alpha value is -3.55. The summed E-state index contributed by atoms with van der Waals surface area (Å²) >= 11 is 6.00. The van der Waals surface area contributed by atoms with Crippen molar-refractivity contribution in [3.05, 3.63) is 63.7 Å². The third-order valence-corrected chi connectivity index (χ3v) is 7.41. The van der Waals surface area contributed by atoms with E-state index in [-0.39, 0.29) is 49.4 Å². The lowest BCUT2D eigenvalue weighted by Crippen LogP contribution is -2.36. The molecule has 0 spiro atoms. The van der Waals surface area contributed by atoms with Gasteiger partial charge in [-0.3, -0.25) is 9.59 Å². The van der Waals surface area contributed by atoms with Crippen LogP contribution in [0.15, 0.2) is 46.4 Å². The van der Waals surface area contributed by atoms with E-state index < -0.39 is 38.2 Å². The fourth-order valence-corrected chi connectivity index (χ4v) is 4.88. The number of amides is 3. The minimum Gasteiger partial charge on any atom is -0.443 e. The molecule has 11 nitrogen and oxygen atoms in total. The Morgan fingerprint density at radius 1 is 1.08 bits per heavy atom. The predicted molar refractivity (Wildman–Crippen MR) is 140 cm³/mol. The zero-order chi connectivity index (χ0) is 28.7. The number of nitrogens with one attached hydrogen (secondary N) is 1. The monoisotopic (exact) mass is 579 g/mol. The summed E-state index contributed by atoms with van der Waals surface area (Å²) in [5, 5.41) is 7.93. The van der Waals surface area contributed by atoms with Gasteiger partial charge in [0.2, 0.25) is 15.9 Å². The lowest BCUT2D eigenvalue weighted by molar-refractivity contribution is -0.123. The Balaban J connectivity index is 1.34. The number of nitrogens with zero attached hydrogens (tertiary/aromatic N) is 3. The molecule has 0 radical (unpaired) electrons. The molecular weight excluding hydrogens is 553 g/mol. The molecule has 0 bridgehead atoms. The van der Waals surface area contributed by atoms with Crippen LogP contribution in [0.1, 0.15) is 36.8 Å². The maximum absolute atomic E-state index is 14.2. The molecule has 0 fully saturated rings. The minimum absolute atomic E-state index is 0.0132. The summed E-state index contributed by atoms with van der Waals surface area (Å²) < 4.78 is 42.5. The lowest BCUT2D eigenvalue weighted by atomic mass is 9.95. The number of halogens is 2. The van der Waals surface area contributed by atoms with Crippen molar-refractivity contribution in [3.8, 4) is 0 Å². The molecule has 2 aromatic rings. The van der Waals surface area contributed by atoms with Crippen molar-refractivity contribution in [1.82, 2.24) is 14.8 Å². The molecule has 0 saturated heterocycles. The van der Waals surface area contributed by atoms with Crippen LogP contribution in [-0.4, -0.2) is 67.3 Å². The van der Waals surface area contributed by atoms with E-state index in [2.05, 4.69) is 10.3 Å². The van der Waals surface area contributed by atoms with Gasteiger partial charge in [-0.2, -0.15) is 0 Å². The second-order valence-corrected chi connectivity index (χ2v) is 12.2. The third-order valence-electron chi connectivity index (χ3n) is 6.26. The number of sulfonamides is 1. The zero-order valence-electron chi connectivity index (χ0n) is 21.5. The highest BCUT2D eigenvalue weighted by Gasteiger charge is 2.35. The van der Waals surface area contributed by atoms with Gasteiger partial charge in [0.05, 0.1) is 5.69 Å². The Morgan fingerprint density at radius 3 is 2.26 bits per heavy atom. The second-order valence-electron chi connectivity index (χ2n) is 10.3. The first-order valence-corrected chi connectivity index (χ1v) is 13.8. The van der Waals surface area contributed by atoms with Crippen LogP contribution < -0.4 is 10.5 Å². The number of ether oxygens (including phenoxy) is 1. The van der Waals surface area contributed by atoms with Crippen molar-refractivity contribution in [2.75, 3.05) is 31.5 Å². The standard InChI is InChI=1S/C25H27ClFN5O6S/c1-25(2,3)23(34)30-18-5-7-21(26)29-19(18)13-38-24(35)32-11-15-9-31(10-16(15)12-32)22(33)14-4-6-20(17(27)8-14)39(28,36)37/h4-8H,9-13H2,1-3H3,(H,30,34)(H2,28,36,37). The number of hydrogen-bond acceptors (Lipinski definition) is 7. The average molecular weight is 580 g/mol. The Kier molecular flexibility index (Phi) is 7.70. The van der Waals surface area contributed by atoms with E-state index in [1.807, 2.05) is 0 Å². The van der Waals surface area contributed by atoms with Gasteiger partial charge in [0.25, 0.3) is 5.91 Å². The van der Waals surface area contributed by atoms with E-state index in [4.69, 9.17) is 21.5 Å². The number of hydrogen-bond donors (Lipinski definition) is 2. The second kappa shape index (κ2) is 10.5. The van der Waals surface area contributed by atoms with Gasteiger partial charge >= 0.3 is 6.09 Å². The molecule has 3 heterocycles. The Bertz CT molecular complexity index is 1490. The minimum atomic E-state index is -4.25. The Labute approximate surface area is 229 Å². The summed E-state index contributed by atoms with van der Waals surface area (Å²) in [7, 11) is -4.25. The highest BCUT2D eigenvalue weighted by atomic mass is 35.5. The number of primary sulfonamides is 1. The fraction of sp³-hybridized carbons (Fsp3) is 0.360. The molecule has 1 aromatic carbocycles. The molecule has 0 unspecified atom stereocenters. The number of carbonyl (C=O) groups excluding carboxylic acids is 3. The first kappa shape index (κ1) is 28.5. The first-order chi connectivity index (χ1) is 18.1. The van der Waals surface area contributed by atoms with Gasteiger partial charge < -0.3 is 19.9 Å². The summed E-state index contributed by atoms with van der Waals surface area (Å²) in [5.41, 5.74) is 1.75. The molecule has 0 aliphatic carbocycles. The van der Waals surface area contributed by atoms with E-state index >= 15 is 0 Å². The van der Waals surface area contributed by atoms with Crippen molar-refractivity contribution >= 4 is 45.2 Å². The SMILES string of the molecule is CC(C)(C)C(=O)Nc1ccc(Cl)nc1COC(=O)N1CC2=C(C1)CN(C(=O)c1ccc(S(N)(=O)=O)c(F)c1)C2. The van der Waals surface area contributed by atoms with E-state index in [1.54, 1.807) is 26.8 Å². The molecule has 2 aliphatic heterocycles. The highest BCUT2D eigenvalue weighted by Crippen LogP contribution is 2.28. The van der Waals surface area contributed by atoms with Crippen molar-refractivity contribution in [2.45, 2.75) is 32.3 Å². The summed E-state index contributed by atoms with van der Waals surface area (Å²) in [6.45, 7) is 6.03. The first-order valence-electron chi connectivity index (χ1n) is 11.8. The van der Waals surface area contributed by atoms with Crippen LogP contribution in [0.5, 0.6) is 0 Å². The Morgan fingerprint density at radius 2 is 1.69 bits per heavy atom. The van der Waals surface area contributed by atoms with Crippen LogP contribution in [0.3, 0.4) is 0 Å². The van der Waals surface area contributed by atoms with Crippen LogP contribution in [0.2, 0.25) is 5.15 Å². The van der Waals surface area contributed by atoms with Gasteiger partial charge in [-0.25, -0.2) is 27.7 Å². The molecular formula is C25H27ClFN5O6S. The molecule has 1 aromatic heterocycles. The summed E-state index contributed by atoms with van der Waals surface area (Å²) in [6.07, 6.45) is -0.599. The largest absolute Gasteiger partial charge is 0.443 e.